The molecule has 6 amide bonds. The third kappa shape index (κ3) is 12.8. The number of aromatic nitrogens is 2. The zero-order valence-electron chi connectivity index (χ0n) is 43.1. The van der Waals surface area contributed by atoms with Crippen LogP contribution in [0.15, 0.2) is 74.3 Å². The molecule has 454 valence electrons. The number of halogens is 3. The number of alkyl halides is 3. The van der Waals surface area contributed by atoms with Crippen molar-refractivity contribution >= 4 is 23.9 Å². The van der Waals surface area contributed by atoms with Crippen LogP contribution in [0.5, 0.6) is 0 Å². The molecule has 4 saturated heterocycles. The number of carbonyl (C=O) groups is 3. The van der Waals surface area contributed by atoms with E-state index in [1.54, 1.807) is 13.8 Å². The number of hydrogen-bond donors (Lipinski definition) is 19. The van der Waals surface area contributed by atoms with E-state index in [0.717, 1.165) is 27.0 Å². The molecule has 19 atom stereocenters. The second-order valence-corrected chi connectivity index (χ2v) is 18.6. The summed E-state index contributed by atoms with van der Waals surface area (Å²) >= 11 is 0. The lowest BCUT2D eigenvalue weighted by atomic mass is 9.94. The van der Waals surface area contributed by atoms with Gasteiger partial charge in [-0.2, -0.15) is 16.0 Å². The summed E-state index contributed by atoms with van der Waals surface area (Å²) in [6.45, 7) is -0.654. The lowest BCUT2D eigenvalue weighted by Crippen LogP contribution is -2.52. The number of nitrogens with one attached hydrogen (secondary N) is 5. The van der Waals surface area contributed by atoms with Crippen molar-refractivity contribution in [2.45, 2.75) is 118 Å². The average Bonchev–Trinajstić information content (AvgIpc) is 4.33. The summed E-state index contributed by atoms with van der Waals surface area (Å²) in [7, 11) is 0. The minimum absolute atomic E-state index is 0.0714. The summed E-state index contributed by atoms with van der Waals surface area (Å²) < 4.78 is 62.1. The van der Waals surface area contributed by atoms with E-state index in [0.29, 0.717) is 6.42 Å². The molecule has 7 aliphatic rings. The number of urea groups is 3. The minimum atomic E-state index is -3.06. The van der Waals surface area contributed by atoms with Gasteiger partial charge in [0.2, 0.25) is 16.2 Å². The fourth-order valence-corrected chi connectivity index (χ4v) is 9.32. The lowest BCUT2D eigenvalue weighted by molar-refractivity contribution is -0.287. The van der Waals surface area contributed by atoms with E-state index in [9.17, 15) is 88.5 Å². The van der Waals surface area contributed by atoms with Gasteiger partial charge in [0.05, 0.1) is 18.5 Å². The first kappa shape index (κ1) is 65.5. The number of nitrogens with two attached hydrogens (primary N) is 3. The highest BCUT2D eigenvalue weighted by Gasteiger charge is 2.64. The van der Waals surface area contributed by atoms with Crippen molar-refractivity contribution < 1.29 is 114 Å². The Morgan fingerprint density at radius 3 is 1.48 bits per heavy atom. The molecule has 1 aromatic heterocycles. The van der Waals surface area contributed by atoms with Crippen molar-refractivity contribution in [1.82, 2.24) is 50.0 Å². The molecule has 38 nitrogen and oxygen atoms in total. The maximum Gasteiger partial charge on any atom is 0.351 e. The SMILES string of the molecule is CC[C@@H]1[C@H](n2ccc(N)nc2=O)O[C@@](CO)(N=[N+]=N)[C@H]1O.C[C@@H]1[C@H](N2C=CC(O)NC2=O)O[C@@](CO)(N=[N+]=N)[C@H]1O.[NH2+]=N[C@]1(CO)O[C@@H](N2C=CC(O)NC2=O)[C@@H](C(F)F)[C@@H]1O.[NH2+]=N[C@]1(CO)O[C@@H](N2C=CC(O)NC2=O)[C@@H](CF)[C@@H]1O. The predicted octanol–water partition coefficient (Wildman–Crippen LogP) is -8.20. The third-order valence-electron chi connectivity index (χ3n) is 13.8. The van der Waals surface area contributed by atoms with Crippen molar-refractivity contribution in [1.29, 1.82) is 11.1 Å². The predicted molar refractivity (Wildman–Crippen MR) is 253 cm³/mol. The Balaban J connectivity index is 0.000000200. The number of aliphatic hydroxyl groups excluding tert-OH is 11. The number of ether oxygens (including phenoxy) is 4. The van der Waals surface area contributed by atoms with Gasteiger partial charge in [0, 0.05) is 36.6 Å². The molecular weight excluding hydrogens is 1120 g/mol. The van der Waals surface area contributed by atoms with Crippen LogP contribution >= 0.6 is 0 Å². The van der Waals surface area contributed by atoms with Crippen molar-refractivity contribution in [3.8, 4) is 0 Å². The first-order valence-corrected chi connectivity index (χ1v) is 24.2. The number of nitrogen functional groups attached to an aromatic ring is 1. The first-order chi connectivity index (χ1) is 38.8. The average molecular weight is 1180 g/mol. The van der Waals surface area contributed by atoms with Crippen LogP contribution in [-0.2, 0) is 18.9 Å². The maximum absolute atomic E-state index is 13.2. The van der Waals surface area contributed by atoms with Crippen LogP contribution in [0.4, 0.5) is 33.4 Å². The van der Waals surface area contributed by atoms with Gasteiger partial charge >= 0.3 is 23.8 Å². The van der Waals surface area contributed by atoms with Gasteiger partial charge in [0.15, 0.2) is 16.5 Å². The topological polar surface area (TPSA) is 594 Å². The van der Waals surface area contributed by atoms with E-state index in [2.05, 4.69) is 51.2 Å². The van der Waals surface area contributed by atoms with E-state index in [1.807, 2.05) is 0 Å². The number of aliphatic hydroxyl groups is 11. The van der Waals surface area contributed by atoms with E-state index < -0.39 is 178 Å². The summed E-state index contributed by atoms with van der Waals surface area (Å²) in [5.41, 5.74) is 21.0. The summed E-state index contributed by atoms with van der Waals surface area (Å²) in [5, 5.41) is 125. The van der Waals surface area contributed by atoms with Crippen LogP contribution in [0.2, 0.25) is 0 Å². The molecule has 8 rings (SSSR count). The molecular formula is C41H64F3N19O19+4. The summed E-state index contributed by atoms with van der Waals surface area (Å²) in [6.07, 6.45) is -7.94. The molecule has 3 unspecified atom stereocenters. The van der Waals surface area contributed by atoms with Crippen LogP contribution < -0.4 is 48.3 Å². The Hall–Kier alpha value is -7.28. The number of anilines is 1. The van der Waals surface area contributed by atoms with Crippen LogP contribution in [-0.4, -0.2) is 223 Å². The molecule has 0 bridgehead atoms. The van der Waals surface area contributed by atoms with Crippen molar-refractivity contribution in [3.63, 3.8) is 0 Å². The lowest BCUT2D eigenvalue weighted by Gasteiger charge is -2.32. The first-order valence-electron chi connectivity index (χ1n) is 24.2. The fourth-order valence-electron chi connectivity index (χ4n) is 9.32. The third-order valence-corrected chi connectivity index (χ3v) is 13.8. The quantitative estimate of drug-likeness (QED) is 0.0573. The summed E-state index contributed by atoms with van der Waals surface area (Å²) in [5.74, 6) is -4.01. The number of rotatable bonds is 15. The normalized spacial score (nSPS) is 38.1. The molecule has 4 fully saturated rings. The molecule has 1 aromatic rings. The largest absolute Gasteiger partial charge is 0.391 e. The van der Waals surface area contributed by atoms with Gasteiger partial charge in [-0.15, -0.1) is 0 Å². The maximum atomic E-state index is 13.2. The van der Waals surface area contributed by atoms with Gasteiger partial charge in [-0.1, -0.05) is 13.8 Å². The molecule has 0 aliphatic carbocycles. The highest BCUT2D eigenvalue weighted by Crippen LogP contribution is 2.44. The highest BCUT2D eigenvalue weighted by atomic mass is 19.3. The van der Waals surface area contributed by atoms with Crippen LogP contribution in [0.25, 0.3) is 0 Å². The second-order valence-electron chi connectivity index (χ2n) is 18.6. The Kier molecular flexibility index (Phi) is 21.7. The van der Waals surface area contributed by atoms with Crippen LogP contribution in [0.1, 0.15) is 26.5 Å². The van der Waals surface area contributed by atoms with Gasteiger partial charge < -0.3 is 96.8 Å². The fraction of sp³-hybridized carbons (Fsp3) is 0.683. The molecule has 0 spiro atoms. The molecule has 8 heterocycles. The number of amides is 6. The number of hydrogen-bond acceptors (Lipinski definition) is 27. The van der Waals surface area contributed by atoms with Gasteiger partial charge in [0.1, 0.15) is 105 Å². The molecule has 7 aliphatic heterocycles. The van der Waals surface area contributed by atoms with E-state index in [4.69, 9.17) is 46.8 Å². The van der Waals surface area contributed by atoms with E-state index in [1.165, 1.54) is 41.4 Å². The van der Waals surface area contributed by atoms with Gasteiger partial charge in [-0.05, 0) is 40.9 Å². The second kappa shape index (κ2) is 27.2. The van der Waals surface area contributed by atoms with Crippen molar-refractivity contribution in [3.05, 3.63) is 59.6 Å². The molecule has 0 aromatic carbocycles. The van der Waals surface area contributed by atoms with Crippen molar-refractivity contribution in [2.24, 2.45) is 44.1 Å². The van der Waals surface area contributed by atoms with Crippen molar-refractivity contribution in [2.75, 3.05) is 38.8 Å². The molecule has 0 saturated carbocycles. The molecule has 0 radical (unpaired) electrons. The Bertz CT molecular complexity index is 2720. The van der Waals surface area contributed by atoms with Crippen LogP contribution in [0, 0.1) is 34.7 Å². The molecule has 22 N–H and O–H groups in total. The van der Waals surface area contributed by atoms with E-state index in [-0.39, 0.29) is 5.82 Å². The van der Waals surface area contributed by atoms with Crippen LogP contribution in [0.3, 0.4) is 0 Å². The van der Waals surface area contributed by atoms with E-state index >= 15 is 0 Å². The van der Waals surface area contributed by atoms with Gasteiger partial charge in [-0.25, -0.2) is 28.0 Å². The summed E-state index contributed by atoms with van der Waals surface area (Å²) in [4.78, 5) is 59.3. The smallest absolute Gasteiger partial charge is 0.351 e. The molecule has 82 heavy (non-hydrogen) atoms. The summed E-state index contributed by atoms with van der Waals surface area (Å²) in [6, 6.07) is -0.824. The van der Waals surface area contributed by atoms with Gasteiger partial charge in [0.25, 0.3) is 22.9 Å². The Labute approximate surface area is 458 Å². The zero-order chi connectivity index (χ0) is 61.2. The highest BCUT2D eigenvalue weighted by molar-refractivity contribution is 5.78. The molecule has 41 heteroatoms. The Morgan fingerprint density at radius 1 is 0.671 bits per heavy atom. The van der Waals surface area contributed by atoms with Gasteiger partial charge in [-0.3, -0.25) is 23.7 Å². The monoisotopic (exact) mass is 1180 g/mol. The number of carbonyl (C=O) groups excluding carboxylic acids is 3. The zero-order valence-corrected chi connectivity index (χ0v) is 43.1. The number of nitrogens with zero attached hydrogens (tertiary/aromatic N) is 11. The standard InChI is InChI=1S/C11H16N6O4.C10H14F2N4O5.C10H15FN4O5.C10H15N5O5/c1-2-6-8(19)11(5-18,15-16-13)21-9(6)17-4-3-7(12)14-10(17)20;11-7(12)5-6(19)10(3-17,15-13)21-8(5)16-2-1-4(18)14-9(16)20;11-3-5-7(18)10(4-16,14-12)20-8(5)15-2-1-6(17)13-9(15)19;1-5-7(18)10(4-16,13-14-11)20-8(5)15-3-2-6(17)12-9(15)19/h3-4,6,8-9,13,18-19H,2,5H2,1H3,(H-,12,14,20);1-2,4-8,13,17-19H,3H2,(H,14,20);1-2,5-8,12,16-18H,3-4H2,(H,13,19);2-3,5-8,11,16-18H,4H2,1H3/p+4/t6-,8-,9+,11+;4?,5-,6+,8-,10-;2*5-,6?,7-,8+,10+/m0100/s1. The Morgan fingerprint density at radius 2 is 1.07 bits per heavy atom. The minimum Gasteiger partial charge on any atom is -0.391 e.